The summed E-state index contributed by atoms with van der Waals surface area (Å²) in [7, 11) is 1.65. The molecule has 148 valence electrons. The van der Waals surface area contributed by atoms with Gasteiger partial charge in [0.15, 0.2) is 0 Å². The van der Waals surface area contributed by atoms with E-state index in [4.69, 9.17) is 14.9 Å². The lowest BCUT2D eigenvalue weighted by Crippen LogP contribution is -2.07. The second kappa shape index (κ2) is 10.0. The summed E-state index contributed by atoms with van der Waals surface area (Å²) in [6.07, 6.45) is 3.93. The average molecular weight is 401 g/mol. The highest BCUT2D eigenvalue weighted by Crippen LogP contribution is 2.18. The first kappa shape index (κ1) is 20.0. The Morgan fingerprint density at radius 1 is 1.36 bits per heavy atom. The number of aromatic nitrogens is 2. The molecule has 0 aliphatic rings. The molecule has 0 saturated heterocycles. The number of H-pyrrole nitrogens is 1. The maximum absolute atomic E-state index is 9.19. The maximum atomic E-state index is 9.19. The standard InChI is InChI=1S/C20H24N4O3S/c1-26-16-4-2-3-14(8-16)7-15-11-27-20(9-17(15)21)22-5-6-28-12-19-18(10-25)23-13-24-19/h2-4,8-9,11,13,25H,5-7,10,12,21H2,1H3,(H,23,24). The van der Waals surface area contributed by atoms with Crippen LogP contribution in [0, 0.1) is 0 Å². The van der Waals surface area contributed by atoms with E-state index in [-0.39, 0.29) is 6.61 Å². The molecule has 0 bridgehead atoms. The van der Waals surface area contributed by atoms with E-state index in [1.54, 1.807) is 37.5 Å². The van der Waals surface area contributed by atoms with Crippen LogP contribution in [0.5, 0.6) is 5.75 Å². The van der Waals surface area contributed by atoms with Crippen LogP contribution < -0.4 is 16.0 Å². The number of nitrogens with two attached hydrogens (primary N) is 1. The van der Waals surface area contributed by atoms with Crippen molar-refractivity contribution >= 4 is 17.4 Å². The zero-order chi connectivity index (χ0) is 19.8. The van der Waals surface area contributed by atoms with Gasteiger partial charge in [-0.2, -0.15) is 11.8 Å². The monoisotopic (exact) mass is 400 g/mol. The molecule has 3 aromatic rings. The van der Waals surface area contributed by atoms with Crippen LogP contribution in [0.4, 0.5) is 5.69 Å². The van der Waals surface area contributed by atoms with Gasteiger partial charge in [-0.3, -0.25) is 4.99 Å². The van der Waals surface area contributed by atoms with Crippen LogP contribution >= 0.6 is 11.8 Å². The first-order valence-electron chi connectivity index (χ1n) is 8.90. The van der Waals surface area contributed by atoms with Crippen LogP contribution in [0.1, 0.15) is 22.5 Å². The lowest BCUT2D eigenvalue weighted by Gasteiger charge is -2.06. The summed E-state index contributed by atoms with van der Waals surface area (Å²) in [6.45, 7) is 0.565. The van der Waals surface area contributed by atoms with Gasteiger partial charge in [-0.1, -0.05) is 12.1 Å². The number of thioether (sulfide) groups is 1. The topological polar surface area (TPSA) is 110 Å². The summed E-state index contributed by atoms with van der Waals surface area (Å²) in [5, 5.41) is 9.19. The average Bonchev–Trinajstić information content (AvgIpc) is 3.17. The second-order valence-electron chi connectivity index (χ2n) is 6.15. The van der Waals surface area contributed by atoms with Crippen molar-refractivity contribution in [1.29, 1.82) is 0 Å². The third-order valence-electron chi connectivity index (χ3n) is 4.21. The number of hydrogen-bond acceptors (Lipinski definition) is 7. The molecule has 8 heteroatoms. The summed E-state index contributed by atoms with van der Waals surface area (Å²) < 4.78 is 10.9. The minimum atomic E-state index is -0.0516. The molecule has 0 atom stereocenters. The van der Waals surface area contributed by atoms with Crippen LogP contribution in [0.15, 0.2) is 52.3 Å². The quantitative estimate of drug-likeness (QED) is 0.476. The molecule has 0 fully saturated rings. The second-order valence-corrected chi connectivity index (χ2v) is 7.25. The van der Waals surface area contributed by atoms with E-state index in [2.05, 4.69) is 15.0 Å². The molecule has 7 nitrogen and oxygen atoms in total. The van der Waals surface area contributed by atoms with E-state index >= 15 is 0 Å². The van der Waals surface area contributed by atoms with E-state index in [0.717, 1.165) is 34.1 Å². The van der Waals surface area contributed by atoms with Gasteiger partial charge in [0.05, 0.1) is 44.2 Å². The minimum absolute atomic E-state index is 0.0516. The highest BCUT2D eigenvalue weighted by atomic mass is 32.2. The summed E-state index contributed by atoms with van der Waals surface area (Å²) in [6, 6.07) is 9.64. The summed E-state index contributed by atoms with van der Waals surface area (Å²) in [5.41, 5.74) is 11.0. The van der Waals surface area contributed by atoms with E-state index in [0.29, 0.717) is 29.9 Å². The number of aromatic amines is 1. The van der Waals surface area contributed by atoms with Gasteiger partial charge in [-0.25, -0.2) is 4.98 Å². The normalized spacial score (nSPS) is 11.7. The number of nitrogen functional groups attached to an aromatic ring is 1. The smallest absolute Gasteiger partial charge is 0.215 e. The maximum Gasteiger partial charge on any atom is 0.215 e. The first-order valence-corrected chi connectivity index (χ1v) is 10.1. The van der Waals surface area contributed by atoms with E-state index in [1.807, 2.05) is 24.3 Å². The van der Waals surface area contributed by atoms with Gasteiger partial charge < -0.3 is 25.0 Å². The van der Waals surface area contributed by atoms with Crippen LogP contribution in [0.2, 0.25) is 0 Å². The third-order valence-corrected chi connectivity index (χ3v) is 5.17. The molecule has 0 radical (unpaired) electrons. The predicted molar refractivity (Wildman–Crippen MR) is 110 cm³/mol. The van der Waals surface area contributed by atoms with Crippen molar-refractivity contribution in [3.63, 3.8) is 0 Å². The van der Waals surface area contributed by atoms with Crippen LogP contribution in [0.25, 0.3) is 0 Å². The SMILES string of the molecule is COc1cccc(Cc2coc(=NCCSCc3[nH]cnc3CO)cc2N)c1. The van der Waals surface area contributed by atoms with Crippen LogP contribution in [-0.2, 0) is 18.8 Å². The Hall–Kier alpha value is -2.71. The van der Waals surface area contributed by atoms with Crippen molar-refractivity contribution < 1.29 is 14.3 Å². The number of anilines is 1. The van der Waals surface area contributed by atoms with Crippen molar-refractivity contribution in [1.82, 2.24) is 9.97 Å². The molecular formula is C20H24N4O3S. The predicted octanol–water partition coefficient (Wildman–Crippen LogP) is 2.51. The number of methoxy groups -OCH3 is 1. The van der Waals surface area contributed by atoms with E-state index < -0.39 is 0 Å². The summed E-state index contributed by atoms with van der Waals surface area (Å²) >= 11 is 1.71. The molecular weight excluding hydrogens is 376 g/mol. The Bertz CT molecular complexity index is 968. The number of rotatable bonds is 9. The molecule has 4 N–H and O–H groups in total. The highest BCUT2D eigenvalue weighted by molar-refractivity contribution is 7.98. The zero-order valence-electron chi connectivity index (χ0n) is 15.7. The Morgan fingerprint density at radius 2 is 2.25 bits per heavy atom. The minimum Gasteiger partial charge on any atom is -0.497 e. The number of aliphatic hydroxyl groups is 1. The van der Waals surface area contributed by atoms with Crippen LogP contribution in [0.3, 0.4) is 0 Å². The fraction of sp³-hybridized carbons (Fsp3) is 0.300. The van der Waals surface area contributed by atoms with Gasteiger partial charge in [-0.05, 0) is 17.7 Å². The Labute approximate surface area is 167 Å². The van der Waals surface area contributed by atoms with Crippen LogP contribution in [-0.4, -0.2) is 34.5 Å². The van der Waals surface area contributed by atoms with Crippen molar-refractivity contribution in [3.05, 3.63) is 71.0 Å². The number of hydrogen-bond donors (Lipinski definition) is 3. The van der Waals surface area contributed by atoms with Crippen molar-refractivity contribution in [2.45, 2.75) is 18.8 Å². The molecule has 0 spiro atoms. The lowest BCUT2D eigenvalue weighted by molar-refractivity contribution is 0.276. The molecule has 0 amide bonds. The van der Waals surface area contributed by atoms with Gasteiger partial charge in [0.25, 0.3) is 0 Å². The molecule has 0 aliphatic carbocycles. The first-order chi connectivity index (χ1) is 13.7. The molecule has 0 aliphatic heterocycles. The fourth-order valence-corrected chi connectivity index (χ4v) is 3.51. The Morgan fingerprint density at radius 3 is 3.04 bits per heavy atom. The molecule has 0 unspecified atom stereocenters. The summed E-state index contributed by atoms with van der Waals surface area (Å²) in [4.78, 5) is 11.5. The molecule has 2 heterocycles. The molecule has 2 aromatic heterocycles. The molecule has 0 saturated carbocycles. The molecule has 1 aromatic carbocycles. The number of nitrogens with one attached hydrogen (secondary N) is 1. The van der Waals surface area contributed by atoms with Gasteiger partial charge in [0.2, 0.25) is 5.55 Å². The van der Waals surface area contributed by atoms with Gasteiger partial charge >= 0.3 is 0 Å². The van der Waals surface area contributed by atoms with Crippen molar-refractivity contribution in [3.8, 4) is 5.75 Å². The third kappa shape index (κ3) is 5.40. The van der Waals surface area contributed by atoms with Gasteiger partial charge in [-0.15, -0.1) is 0 Å². The van der Waals surface area contributed by atoms with E-state index in [9.17, 15) is 5.11 Å². The Kier molecular flexibility index (Phi) is 7.16. The van der Waals surface area contributed by atoms with Crippen molar-refractivity contribution in [2.75, 3.05) is 25.1 Å². The van der Waals surface area contributed by atoms with Crippen molar-refractivity contribution in [2.24, 2.45) is 4.99 Å². The molecule has 3 rings (SSSR count). The number of ether oxygens (including phenoxy) is 1. The zero-order valence-corrected chi connectivity index (χ0v) is 16.5. The summed E-state index contributed by atoms with van der Waals surface area (Å²) in [5.74, 6) is 2.40. The van der Waals surface area contributed by atoms with E-state index in [1.165, 1.54) is 0 Å². The lowest BCUT2D eigenvalue weighted by atomic mass is 10.1. The number of imidazole rings is 1. The van der Waals surface area contributed by atoms with Gasteiger partial charge in [0.1, 0.15) is 5.75 Å². The van der Waals surface area contributed by atoms with Gasteiger partial charge in [0, 0.05) is 35.2 Å². The number of benzene rings is 1. The fourth-order valence-electron chi connectivity index (χ4n) is 2.69. The number of aliphatic hydroxyl groups excluding tert-OH is 1. The molecule has 28 heavy (non-hydrogen) atoms. The Balaban J connectivity index is 1.54. The number of nitrogens with zero attached hydrogens (tertiary/aromatic N) is 2. The largest absolute Gasteiger partial charge is 0.497 e. The highest BCUT2D eigenvalue weighted by Gasteiger charge is 2.05.